The Bertz CT molecular complexity index is 200. The van der Waals surface area contributed by atoms with Crippen LogP contribution in [0.1, 0.15) is 26.7 Å². The average Bonchev–Trinajstić information content (AvgIpc) is 2.10. The largest absolute Gasteiger partial charge is 0.373 e. The van der Waals surface area contributed by atoms with Crippen LogP contribution in [-0.2, 0) is 4.74 Å². The third-order valence-corrected chi connectivity index (χ3v) is 3.76. The van der Waals surface area contributed by atoms with Gasteiger partial charge in [0, 0.05) is 19.1 Å². The average molecular weight is 212 g/mol. The monoisotopic (exact) mass is 212 g/mol. The van der Waals surface area contributed by atoms with Gasteiger partial charge in [-0.05, 0) is 46.2 Å². The van der Waals surface area contributed by atoms with E-state index in [0.29, 0.717) is 12.2 Å². The van der Waals surface area contributed by atoms with Gasteiger partial charge in [0.25, 0.3) is 0 Å². The highest BCUT2D eigenvalue weighted by Crippen LogP contribution is 2.33. The summed E-state index contributed by atoms with van der Waals surface area (Å²) < 4.78 is 5.77. The molecule has 1 saturated carbocycles. The van der Waals surface area contributed by atoms with E-state index >= 15 is 0 Å². The minimum Gasteiger partial charge on any atom is -0.373 e. The van der Waals surface area contributed by atoms with Crippen LogP contribution in [0.4, 0.5) is 0 Å². The predicted molar refractivity (Wildman–Crippen MR) is 62.0 cm³/mol. The molecule has 0 aromatic heterocycles. The van der Waals surface area contributed by atoms with E-state index in [4.69, 9.17) is 4.74 Å². The van der Waals surface area contributed by atoms with E-state index in [1.807, 2.05) is 0 Å². The van der Waals surface area contributed by atoms with Crippen LogP contribution in [0.15, 0.2) is 0 Å². The van der Waals surface area contributed by atoms with Crippen LogP contribution in [0.25, 0.3) is 0 Å². The SMILES string of the molecule is CNCC1CCC1N1CC(C)OC(C)C1. The predicted octanol–water partition coefficient (Wildman–Crippen LogP) is 1.09. The Labute approximate surface area is 93.2 Å². The van der Waals surface area contributed by atoms with Crippen molar-refractivity contribution >= 4 is 0 Å². The van der Waals surface area contributed by atoms with Crippen molar-refractivity contribution in [2.24, 2.45) is 5.92 Å². The fourth-order valence-corrected chi connectivity index (χ4v) is 3.02. The Kier molecular flexibility index (Phi) is 3.65. The maximum absolute atomic E-state index is 5.77. The fraction of sp³-hybridized carbons (Fsp3) is 1.00. The molecule has 0 amide bonds. The topological polar surface area (TPSA) is 24.5 Å². The third kappa shape index (κ3) is 2.52. The minimum absolute atomic E-state index is 0.407. The highest BCUT2D eigenvalue weighted by atomic mass is 16.5. The van der Waals surface area contributed by atoms with Gasteiger partial charge in [-0.15, -0.1) is 0 Å². The van der Waals surface area contributed by atoms with Crippen LogP contribution in [0.5, 0.6) is 0 Å². The summed E-state index contributed by atoms with van der Waals surface area (Å²) in [7, 11) is 2.06. The molecule has 0 bridgehead atoms. The summed E-state index contributed by atoms with van der Waals surface area (Å²) >= 11 is 0. The van der Waals surface area contributed by atoms with E-state index in [0.717, 1.165) is 25.0 Å². The van der Waals surface area contributed by atoms with Gasteiger partial charge in [0.15, 0.2) is 0 Å². The summed E-state index contributed by atoms with van der Waals surface area (Å²) in [5.41, 5.74) is 0. The Balaban J connectivity index is 1.87. The lowest BCUT2D eigenvalue weighted by Crippen LogP contribution is -2.57. The van der Waals surface area contributed by atoms with Gasteiger partial charge in [-0.3, -0.25) is 4.90 Å². The van der Waals surface area contributed by atoms with Crippen molar-refractivity contribution in [3.63, 3.8) is 0 Å². The minimum atomic E-state index is 0.407. The first-order chi connectivity index (χ1) is 7.20. The van der Waals surface area contributed by atoms with Crippen LogP contribution >= 0.6 is 0 Å². The van der Waals surface area contributed by atoms with Crippen molar-refractivity contribution in [2.75, 3.05) is 26.7 Å². The van der Waals surface area contributed by atoms with E-state index in [-0.39, 0.29) is 0 Å². The second-order valence-electron chi connectivity index (χ2n) is 5.17. The first-order valence-corrected chi connectivity index (χ1v) is 6.24. The Morgan fingerprint density at radius 2 is 1.87 bits per heavy atom. The highest BCUT2D eigenvalue weighted by molar-refractivity contribution is 4.92. The van der Waals surface area contributed by atoms with Crippen molar-refractivity contribution in [2.45, 2.75) is 44.9 Å². The molecule has 3 heteroatoms. The molecule has 88 valence electrons. The van der Waals surface area contributed by atoms with E-state index in [1.165, 1.54) is 19.4 Å². The lowest BCUT2D eigenvalue weighted by molar-refractivity contribution is -0.100. The van der Waals surface area contributed by atoms with Gasteiger partial charge in [-0.1, -0.05) is 0 Å². The summed E-state index contributed by atoms with van der Waals surface area (Å²) in [6.07, 6.45) is 3.59. The second kappa shape index (κ2) is 4.81. The van der Waals surface area contributed by atoms with Crippen LogP contribution in [0.3, 0.4) is 0 Å². The molecule has 0 radical (unpaired) electrons. The van der Waals surface area contributed by atoms with Gasteiger partial charge in [-0.25, -0.2) is 0 Å². The molecule has 1 N–H and O–H groups in total. The first-order valence-electron chi connectivity index (χ1n) is 6.24. The molecule has 3 nitrogen and oxygen atoms in total. The third-order valence-electron chi connectivity index (χ3n) is 3.76. The van der Waals surface area contributed by atoms with Crippen LogP contribution < -0.4 is 5.32 Å². The van der Waals surface area contributed by atoms with Gasteiger partial charge in [-0.2, -0.15) is 0 Å². The molecule has 2 rings (SSSR count). The Morgan fingerprint density at radius 3 is 2.33 bits per heavy atom. The van der Waals surface area contributed by atoms with E-state index in [2.05, 4.69) is 31.1 Å². The smallest absolute Gasteiger partial charge is 0.0678 e. The zero-order chi connectivity index (χ0) is 10.8. The second-order valence-corrected chi connectivity index (χ2v) is 5.17. The molecule has 1 heterocycles. The molecule has 15 heavy (non-hydrogen) atoms. The standard InChI is InChI=1S/C12H24N2O/c1-9-7-14(8-10(2)15-9)12-5-4-11(12)6-13-3/h9-13H,4-8H2,1-3H3. The van der Waals surface area contributed by atoms with Crippen LogP contribution in [0.2, 0.25) is 0 Å². The summed E-state index contributed by atoms with van der Waals surface area (Å²) in [5.74, 6) is 0.868. The van der Waals surface area contributed by atoms with Gasteiger partial charge in [0.1, 0.15) is 0 Å². The molecule has 1 saturated heterocycles. The molecular formula is C12H24N2O. The molecule has 2 fully saturated rings. The zero-order valence-electron chi connectivity index (χ0n) is 10.2. The Hall–Kier alpha value is -0.120. The fourth-order valence-electron chi connectivity index (χ4n) is 3.02. The van der Waals surface area contributed by atoms with Crippen molar-refractivity contribution in [1.29, 1.82) is 0 Å². The molecule has 1 aliphatic carbocycles. The van der Waals surface area contributed by atoms with Crippen molar-refractivity contribution in [1.82, 2.24) is 10.2 Å². The number of hydrogen-bond donors (Lipinski definition) is 1. The lowest BCUT2D eigenvalue weighted by atomic mass is 9.78. The van der Waals surface area contributed by atoms with E-state index in [1.54, 1.807) is 0 Å². The maximum Gasteiger partial charge on any atom is 0.0678 e. The number of rotatable bonds is 3. The van der Waals surface area contributed by atoms with E-state index < -0.39 is 0 Å². The molecule has 0 spiro atoms. The summed E-state index contributed by atoms with van der Waals surface area (Å²) in [4.78, 5) is 2.64. The first kappa shape index (κ1) is 11.4. The number of ether oxygens (including phenoxy) is 1. The van der Waals surface area contributed by atoms with Crippen LogP contribution in [0, 0.1) is 5.92 Å². The molecule has 4 atom stereocenters. The summed E-state index contributed by atoms with van der Waals surface area (Å²) in [6.45, 7) is 7.79. The molecule has 4 unspecified atom stereocenters. The summed E-state index contributed by atoms with van der Waals surface area (Å²) in [6, 6.07) is 0.811. The van der Waals surface area contributed by atoms with E-state index in [9.17, 15) is 0 Å². The zero-order valence-corrected chi connectivity index (χ0v) is 10.2. The maximum atomic E-state index is 5.77. The number of hydrogen-bond acceptors (Lipinski definition) is 3. The van der Waals surface area contributed by atoms with Crippen molar-refractivity contribution in [3.8, 4) is 0 Å². The molecule has 0 aromatic rings. The molecule has 1 aliphatic heterocycles. The normalized spacial score (nSPS) is 42.6. The molecular weight excluding hydrogens is 188 g/mol. The summed E-state index contributed by atoms with van der Waals surface area (Å²) in [5, 5.41) is 3.30. The number of nitrogens with one attached hydrogen (secondary N) is 1. The Morgan fingerprint density at radius 1 is 1.20 bits per heavy atom. The van der Waals surface area contributed by atoms with Crippen molar-refractivity contribution < 1.29 is 4.74 Å². The highest BCUT2D eigenvalue weighted by Gasteiger charge is 2.37. The van der Waals surface area contributed by atoms with Crippen molar-refractivity contribution in [3.05, 3.63) is 0 Å². The number of nitrogens with zero attached hydrogens (tertiary/aromatic N) is 1. The quantitative estimate of drug-likeness (QED) is 0.758. The molecule has 2 aliphatic rings. The lowest BCUT2D eigenvalue weighted by Gasteiger charge is -2.48. The van der Waals surface area contributed by atoms with Gasteiger partial charge < -0.3 is 10.1 Å². The van der Waals surface area contributed by atoms with Crippen LogP contribution in [-0.4, -0.2) is 49.8 Å². The number of morpholine rings is 1. The van der Waals surface area contributed by atoms with Gasteiger partial charge >= 0.3 is 0 Å². The van der Waals surface area contributed by atoms with Gasteiger partial charge in [0.2, 0.25) is 0 Å². The molecule has 0 aromatic carbocycles. The van der Waals surface area contributed by atoms with Gasteiger partial charge in [0.05, 0.1) is 12.2 Å².